The van der Waals surface area contributed by atoms with Crippen LogP contribution >= 0.6 is 15.9 Å². The van der Waals surface area contributed by atoms with Crippen LogP contribution in [0.1, 0.15) is 17.4 Å². The molecule has 1 atom stereocenters. The molecule has 0 bridgehead atoms. The highest BCUT2D eigenvalue weighted by atomic mass is 79.9. The van der Waals surface area contributed by atoms with E-state index in [1.165, 1.54) is 18.2 Å². The number of furan rings is 1. The van der Waals surface area contributed by atoms with E-state index in [0.29, 0.717) is 15.4 Å². The van der Waals surface area contributed by atoms with E-state index in [0.717, 1.165) is 0 Å². The average Bonchev–Trinajstić information content (AvgIpc) is 2.86. The molecular weight excluding hydrogens is 330 g/mol. The van der Waals surface area contributed by atoms with Gasteiger partial charge < -0.3 is 9.52 Å². The van der Waals surface area contributed by atoms with Crippen LogP contribution < -0.4 is 0 Å². The van der Waals surface area contributed by atoms with Crippen molar-refractivity contribution in [3.63, 3.8) is 0 Å². The fourth-order valence-corrected chi connectivity index (χ4v) is 2.28. The van der Waals surface area contributed by atoms with Gasteiger partial charge in [-0.3, -0.25) is 0 Å². The van der Waals surface area contributed by atoms with E-state index in [4.69, 9.17) is 4.42 Å². The number of hydrogen-bond donors (Lipinski definition) is 1. The number of hydrogen-bond acceptors (Lipinski definition) is 2. The Kier molecular flexibility index (Phi) is 3.31. The third-order valence-corrected chi connectivity index (χ3v) is 3.69. The lowest BCUT2D eigenvalue weighted by Gasteiger charge is -2.08. The summed E-state index contributed by atoms with van der Waals surface area (Å²) in [6.45, 7) is 0. The Morgan fingerprint density at radius 2 is 1.85 bits per heavy atom. The van der Waals surface area contributed by atoms with Gasteiger partial charge in [-0.2, -0.15) is 0 Å². The molecule has 2 nitrogen and oxygen atoms in total. The first-order valence-electron chi connectivity index (χ1n) is 5.87. The Morgan fingerprint density at radius 3 is 2.55 bits per heavy atom. The summed E-state index contributed by atoms with van der Waals surface area (Å²) in [6, 6.07) is 10.3. The molecule has 1 N–H and O–H groups in total. The molecule has 3 rings (SSSR count). The smallest absolute Gasteiger partial charge is 0.170 e. The van der Waals surface area contributed by atoms with Crippen molar-refractivity contribution in [3.8, 4) is 0 Å². The molecule has 0 fully saturated rings. The van der Waals surface area contributed by atoms with E-state index in [1.54, 1.807) is 24.3 Å². The molecule has 0 aliphatic carbocycles. The monoisotopic (exact) mass is 338 g/mol. The van der Waals surface area contributed by atoms with Crippen molar-refractivity contribution in [1.82, 2.24) is 0 Å². The van der Waals surface area contributed by atoms with Gasteiger partial charge in [0.1, 0.15) is 17.7 Å². The predicted octanol–water partition coefficient (Wildman–Crippen LogP) is 4.56. The fraction of sp³-hybridized carbons (Fsp3) is 0.0667. The molecular formula is C15H9BrF2O2. The van der Waals surface area contributed by atoms with Crippen LogP contribution in [0.2, 0.25) is 0 Å². The van der Waals surface area contributed by atoms with E-state index in [9.17, 15) is 13.9 Å². The van der Waals surface area contributed by atoms with Gasteiger partial charge in [0.05, 0.1) is 4.47 Å². The van der Waals surface area contributed by atoms with Crippen LogP contribution in [-0.4, -0.2) is 5.11 Å². The highest BCUT2D eigenvalue weighted by Crippen LogP contribution is 2.30. The van der Waals surface area contributed by atoms with E-state index in [-0.39, 0.29) is 11.3 Å². The summed E-state index contributed by atoms with van der Waals surface area (Å²) >= 11 is 3.04. The quantitative estimate of drug-likeness (QED) is 0.743. The third kappa shape index (κ3) is 2.23. The predicted molar refractivity (Wildman–Crippen MR) is 74.3 cm³/mol. The van der Waals surface area contributed by atoms with Crippen LogP contribution in [-0.2, 0) is 0 Å². The molecule has 102 valence electrons. The maximum atomic E-state index is 13.5. The lowest BCUT2D eigenvalue weighted by molar-refractivity contribution is 0.191. The number of para-hydroxylation sites is 1. The molecule has 1 aromatic heterocycles. The molecule has 3 aromatic rings. The van der Waals surface area contributed by atoms with Crippen molar-refractivity contribution in [3.05, 3.63) is 69.9 Å². The minimum atomic E-state index is -1.15. The van der Waals surface area contributed by atoms with Crippen molar-refractivity contribution in [2.24, 2.45) is 0 Å². The van der Waals surface area contributed by atoms with Gasteiger partial charge in [-0.1, -0.05) is 18.2 Å². The van der Waals surface area contributed by atoms with Crippen LogP contribution in [0.25, 0.3) is 11.0 Å². The van der Waals surface area contributed by atoms with Crippen LogP contribution in [0.4, 0.5) is 8.78 Å². The number of aliphatic hydroxyl groups is 1. The van der Waals surface area contributed by atoms with Gasteiger partial charge in [-0.25, -0.2) is 8.78 Å². The Hall–Kier alpha value is -1.72. The molecule has 0 saturated carbocycles. The van der Waals surface area contributed by atoms with Gasteiger partial charge in [0.2, 0.25) is 0 Å². The van der Waals surface area contributed by atoms with E-state index in [1.807, 2.05) is 0 Å². The molecule has 1 unspecified atom stereocenters. The van der Waals surface area contributed by atoms with Crippen molar-refractivity contribution in [2.45, 2.75) is 6.10 Å². The van der Waals surface area contributed by atoms with Gasteiger partial charge >= 0.3 is 0 Å². The SMILES string of the molecule is OC(c1ccc(Br)c(F)c1)c1cc2cccc(F)c2o1. The zero-order chi connectivity index (χ0) is 14.3. The molecule has 0 saturated heterocycles. The summed E-state index contributed by atoms with van der Waals surface area (Å²) in [4.78, 5) is 0. The van der Waals surface area contributed by atoms with E-state index in [2.05, 4.69) is 15.9 Å². The number of benzene rings is 2. The molecule has 0 spiro atoms. The Labute approximate surface area is 121 Å². The minimum absolute atomic E-state index is 0.0825. The molecule has 20 heavy (non-hydrogen) atoms. The zero-order valence-electron chi connectivity index (χ0n) is 10.1. The number of rotatable bonds is 2. The Morgan fingerprint density at radius 1 is 1.05 bits per heavy atom. The highest BCUT2D eigenvalue weighted by Gasteiger charge is 2.18. The summed E-state index contributed by atoms with van der Waals surface area (Å²) in [6.07, 6.45) is -1.15. The summed E-state index contributed by atoms with van der Waals surface area (Å²) in [7, 11) is 0. The molecule has 0 amide bonds. The third-order valence-electron chi connectivity index (χ3n) is 3.04. The van der Waals surface area contributed by atoms with Crippen LogP contribution in [0, 0.1) is 11.6 Å². The summed E-state index contributed by atoms with van der Waals surface area (Å²) in [5.74, 6) is -0.807. The van der Waals surface area contributed by atoms with E-state index < -0.39 is 17.7 Å². The standard InChI is InChI=1S/C15H9BrF2O2/c16-10-5-4-8(6-12(10)18)14(19)13-7-9-2-1-3-11(17)15(9)20-13/h1-7,14,19H. The minimum Gasteiger partial charge on any atom is -0.455 e. The summed E-state index contributed by atoms with van der Waals surface area (Å²) in [5, 5.41) is 10.8. The topological polar surface area (TPSA) is 33.4 Å². The van der Waals surface area contributed by atoms with E-state index >= 15 is 0 Å². The van der Waals surface area contributed by atoms with Crippen molar-refractivity contribution >= 4 is 26.9 Å². The molecule has 0 aliphatic heterocycles. The Balaban J connectivity index is 2.05. The second-order valence-corrected chi connectivity index (χ2v) is 5.24. The molecule has 0 aliphatic rings. The second-order valence-electron chi connectivity index (χ2n) is 4.38. The van der Waals surface area contributed by atoms with Gasteiger partial charge in [-0.15, -0.1) is 0 Å². The number of fused-ring (bicyclic) bond motifs is 1. The van der Waals surface area contributed by atoms with Gasteiger partial charge in [0, 0.05) is 5.39 Å². The van der Waals surface area contributed by atoms with Crippen molar-refractivity contribution in [2.75, 3.05) is 0 Å². The summed E-state index contributed by atoms with van der Waals surface area (Å²) < 4.78 is 32.7. The van der Waals surface area contributed by atoms with Crippen LogP contribution in [0.15, 0.2) is 51.4 Å². The largest absolute Gasteiger partial charge is 0.455 e. The van der Waals surface area contributed by atoms with Crippen molar-refractivity contribution < 1.29 is 18.3 Å². The van der Waals surface area contributed by atoms with Crippen LogP contribution in [0.3, 0.4) is 0 Å². The maximum absolute atomic E-state index is 13.5. The summed E-state index contributed by atoms with van der Waals surface area (Å²) in [5.41, 5.74) is 0.421. The van der Waals surface area contributed by atoms with Gasteiger partial charge in [-0.05, 0) is 45.8 Å². The lowest BCUT2D eigenvalue weighted by atomic mass is 10.1. The first-order chi connectivity index (χ1) is 9.56. The number of halogens is 3. The normalized spacial score (nSPS) is 12.8. The Bertz CT molecular complexity index is 783. The first-order valence-corrected chi connectivity index (χ1v) is 6.66. The number of aliphatic hydroxyl groups excluding tert-OH is 1. The molecule has 1 heterocycles. The highest BCUT2D eigenvalue weighted by molar-refractivity contribution is 9.10. The maximum Gasteiger partial charge on any atom is 0.170 e. The van der Waals surface area contributed by atoms with Gasteiger partial charge in [0.25, 0.3) is 0 Å². The first kappa shape index (κ1) is 13.3. The lowest BCUT2D eigenvalue weighted by Crippen LogP contribution is -1.98. The van der Waals surface area contributed by atoms with Crippen molar-refractivity contribution in [1.29, 1.82) is 0 Å². The fourth-order valence-electron chi connectivity index (χ4n) is 2.03. The average molecular weight is 339 g/mol. The van der Waals surface area contributed by atoms with Gasteiger partial charge in [0.15, 0.2) is 11.4 Å². The molecule has 0 radical (unpaired) electrons. The van der Waals surface area contributed by atoms with Crippen LogP contribution in [0.5, 0.6) is 0 Å². The second kappa shape index (κ2) is 5.00. The molecule has 2 aromatic carbocycles. The molecule has 5 heteroatoms. The zero-order valence-corrected chi connectivity index (χ0v) is 11.7.